The first-order valence-corrected chi connectivity index (χ1v) is 6.18. The highest BCUT2D eigenvalue weighted by atomic mass is 16.2. The minimum atomic E-state index is 0.165. The second kappa shape index (κ2) is 4.78. The number of carbonyl (C=O) groups is 1. The molecule has 0 saturated carbocycles. The van der Waals surface area contributed by atoms with E-state index in [9.17, 15) is 4.79 Å². The van der Waals surface area contributed by atoms with Crippen molar-refractivity contribution in [1.29, 1.82) is 0 Å². The first-order chi connectivity index (χ1) is 8.09. The first-order valence-electron chi connectivity index (χ1n) is 6.18. The molecule has 1 aliphatic heterocycles. The van der Waals surface area contributed by atoms with Gasteiger partial charge in [-0.2, -0.15) is 0 Å². The van der Waals surface area contributed by atoms with Crippen LogP contribution >= 0.6 is 0 Å². The van der Waals surface area contributed by atoms with Crippen LogP contribution in [0.25, 0.3) is 0 Å². The van der Waals surface area contributed by atoms with Crippen molar-refractivity contribution in [1.82, 2.24) is 4.90 Å². The third kappa shape index (κ3) is 2.43. The van der Waals surface area contributed by atoms with E-state index < -0.39 is 0 Å². The van der Waals surface area contributed by atoms with Gasteiger partial charge in [0.05, 0.1) is 0 Å². The summed E-state index contributed by atoms with van der Waals surface area (Å²) < 4.78 is 0. The summed E-state index contributed by atoms with van der Waals surface area (Å²) in [6, 6.07) is 8.21. The molecule has 2 rings (SSSR count). The summed E-state index contributed by atoms with van der Waals surface area (Å²) in [5.74, 6) is 0.165. The molecule has 1 aliphatic rings. The van der Waals surface area contributed by atoms with Crippen LogP contribution in [0.2, 0.25) is 0 Å². The van der Waals surface area contributed by atoms with Gasteiger partial charge in [0.1, 0.15) is 0 Å². The molecule has 0 bridgehead atoms. The monoisotopic (exact) mass is 232 g/mol. The van der Waals surface area contributed by atoms with E-state index in [1.165, 1.54) is 0 Å². The molecule has 92 valence electrons. The fourth-order valence-corrected chi connectivity index (χ4v) is 2.32. The Balaban J connectivity index is 2.21. The maximum atomic E-state index is 12.3. The Morgan fingerprint density at radius 1 is 1.41 bits per heavy atom. The second-order valence-corrected chi connectivity index (χ2v) is 4.93. The Kier molecular flexibility index (Phi) is 3.36. The zero-order chi connectivity index (χ0) is 12.4. The molecule has 3 heteroatoms. The highest BCUT2D eigenvalue weighted by molar-refractivity contribution is 5.95. The molecule has 0 aliphatic carbocycles. The maximum absolute atomic E-state index is 12.3. The summed E-state index contributed by atoms with van der Waals surface area (Å²) in [6.45, 7) is 3.02. The second-order valence-electron chi connectivity index (χ2n) is 4.93. The van der Waals surface area contributed by atoms with Crippen LogP contribution in [0.3, 0.4) is 0 Å². The van der Waals surface area contributed by atoms with Crippen molar-refractivity contribution in [3.8, 4) is 0 Å². The number of nitrogens with zero attached hydrogens (tertiary/aromatic N) is 2. The van der Waals surface area contributed by atoms with E-state index in [0.29, 0.717) is 6.04 Å². The number of benzene rings is 1. The number of carbonyl (C=O) groups excluding carboxylic acids is 1. The molecule has 1 aromatic carbocycles. The van der Waals surface area contributed by atoms with Crippen molar-refractivity contribution in [2.45, 2.75) is 25.8 Å². The van der Waals surface area contributed by atoms with Crippen LogP contribution in [-0.2, 0) is 0 Å². The molecule has 0 spiro atoms. The van der Waals surface area contributed by atoms with Gasteiger partial charge in [-0.25, -0.2) is 0 Å². The molecule has 1 saturated heterocycles. The van der Waals surface area contributed by atoms with E-state index in [2.05, 4.69) is 6.92 Å². The molecule has 0 N–H and O–H groups in total. The third-order valence-corrected chi connectivity index (χ3v) is 3.42. The predicted octanol–water partition coefficient (Wildman–Crippen LogP) is 2.38. The number of amides is 1. The van der Waals surface area contributed by atoms with E-state index >= 15 is 0 Å². The largest absolute Gasteiger partial charge is 0.378 e. The van der Waals surface area contributed by atoms with Crippen LogP contribution in [0.4, 0.5) is 5.69 Å². The van der Waals surface area contributed by atoms with Crippen LogP contribution in [0.1, 0.15) is 30.1 Å². The Labute approximate surface area is 103 Å². The number of hydrogen-bond acceptors (Lipinski definition) is 2. The first kappa shape index (κ1) is 12.0. The molecule has 0 radical (unpaired) electrons. The van der Waals surface area contributed by atoms with E-state index in [1.807, 2.05) is 48.2 Å². The Morgan fingerprint density at radius 3 is 2.76 bits per heavy atom. The van der Waals surface area contributed by atoms with Crippen molar-refractivity contribution < 1.29 is 4.79 Å². The van der Waals surface area contributed by atoms with Crippen LogP contribution in [0.15, 0.2) is 24.3 Å². The van der Waals surface area contributed by atoms with Gasteiger partial charge in [-0.1, -0.05) is 6.07 Å². The summed E-state index contributed by atoms with van der Waals surface area (Å²) in [5.41, 5.74) is 1.87. The summed E-state index contributed by atoms with van der Waals surface area (Å²) >= 11 is 0. The molecule has 1 heterocycles. The van der Waals surface area contributed by atoms with E-state index in [-0.39, 0.29) is 5.91 Å². The van der Waals surface area contributed by atoms with Crippen molar-refractivity contribution in [2.75, 3.05) is 25.5 Å². The maximum Gasteiger partial charge on any atom is 0.254 e. The van der Waals surface area contributed by atoms with Gasteiger partial charge < -0.3 is 9.80 Å². The molecule has 0 aromatic heterocycles. The van der Waals surface area contributed by atoms with Crippen LogP contribution < -0.4 is 4.90 Å². The Bertz CT molecular complexity index is 414. The number of anilines is 1. The zero-order valence-electron chi connectivity index (χ0n) is 10.8. The minimum absolute atomic E-state index is 0.165. The normalized spacial score (nSPS) is 19.5. The van der Waals surface area contributed by atoms with E-state index in [4.69, 9.17) is 0 Å². The van der Waals surface area contributed by atoms with Crippen molar-refractivity contribution in [3.63, 3.8) is 0 Å². The Morgan fingerprint density at radius 2 is 2.18 bits per heavy atom. The van der Waals surface area contributed by atoms with Gasteiger partial charge in [0, 0.05) is 37.9 Å². The van der Waals surface area contributed by atoms with Gasteiger partial charge in [-0.05, 0) is 38.0 Å². The highest BCUT2D eigenvalue weighted by Crippen LogP contribution is 2.21. The summed E-state index contributed by atoms with van der Waals surface area (Å²) in [5, 5.41) is 0. The van der Waals surface area contributed by atoms with Crippen molar-refractivity contribution in [2.24, 2.45) is 0 Å². The lowest BCUT2D eigenvalue weighted by Gasteiger charge is -2.22. The number of rotatable bonds is 2. The zero-order valence-corrected chi connectivity index (χ0v) is 10.8. The minimum Gasteiger partial charge on any atom is -0.378 e. The smallest absolute Gasteiger partial charge is 0.254 e. The number of hydrogen-bond donors (Lipinski definition) is 0. The lowest BCUT2D eigenvalue weighted by atomic mass is 10.1. The molecule has 1 unspecified atom stereocenters. The van der Waals surface area contributed by atoms with E-state index in [1.54, 1.807) is 0 Å². The topological polar surface area (TPSA) is 23.6 Å². The fraction of sp³-hybridized carbons (Fsp3) is 0.500. The third-order valence-electron chi connectivity index (χ3n) is 3.42. The van der Waals surface area contributed by atoms with E-state index in [0.717, 1.165) is 30.6 Å². The van der Waals surface area contributed by atoms with Crippen molar-refractivity contribution in [3.05, 3.63) is 29.8 Å². The molecular formula is C14H20N2O. The lowest BCUT2D eigenvalue weighted by Crippen LogP contribution is -2.33. The highest BCUT2D eigenvalue weighted by Gasteiger charge is 2.25. The molecule has 1 atom stereocenters. The molecule has 1 fully saturated rings. The van der Waals surface area contributed by atoms with Gasteiger partial charge in [0.2, 0.25) is 0 Å². The predicted molar refractivity (Wildman–Crippen MR) is 70.5 cm³/mol. The van der Waals surface area contributed by atoms with Crippen LogP contribution in [0, 0.1) is 0 Å². The summed E-state index contributed by atoms with van der Waals surface area (Å²) in [4.78, 5) is 16.3. The average Bonchev–Trinajstić information content (AvgIpc) is 2.74. The van der Waals surface area contributed by atoms with Gasteiger partial charge in [-0.15, -0.1) is 0 Å². The lowest BCUT2D eigenvalue weighted by molar-refractivity contribution is 0.0747. The Hall–Kier alpha value is -1.51. The SMILES string of the molecule is CC1CCCN1C(=O)c1cccc(N(C)C)c1. The summed E-state index contributed by atoms with van der Waals surface area (Å²) in [6.07, 6.45) is 2.25. The van der Waals surface area contributed by atoms with Gasteiger partial charge in [0.15, 0.2) is 0 Å². The average molecular weight is 232 g/mol. The molecule has 1 aromatic rings. The molecule has 3 nitrogen and oxygen atoms in total. The quantitative estimate of drug-likeness (QED) is 0.781. The molecule has 1 amide bonds. The van der Waals surface area contributed by atoms with Gasteiger partial charge in [-0.3, -0.25) is 4.79 Å². The molecular weight excluding hydrogens is 212 g/mol. The fourth-order valence-electron chi connectivity index (χ4n) is 2.32. The van der Waals surface area contributed by atoms with Crippen molar-refractivity contribution >= 4 is 11.6 Å². The summed E-state index contributed by atoms with van der Waals surface area (Å²) in [7, 11) is 3.98. The van der Waals surface area contributed by atoms with Gasteiger partial charge >= 0.3 is 0 Å². The standard InChI is InChI=1S/C14H20N2O/c1-11-6-5-9-16(11)14(17)12-7-4-8-13(10-12)15(2)3/h4,7-8,10-11H,5-6,9H2,1-3H3. The molecule has 17 heavy (non-hydrogen) atoms. The number of likely N-dealkylation sites (tertiary alicyclic amines) is 1. The van der Waals surface area contributed by atoms with Crippen LogP contribution in [-0.4, -0.2) is 37.5 Å². The van der Waals surface area contributed by atoms with Crippen LogP contribution in [0.5, 0.6) is 0 Å². The van der Waals surface area contributed by atoms with Gasteiger partial charge in [0.25, 0.3) is 5.91 Å².